The molecule has 0 saturated carbocycles. The Bertz CT molecular complexity index is 1080. The second-order valence-corrected chi connectivity index (χ2v) is 8.75. The maximum absolute atomic E-state index is 12.8. The molecule has 0 aromatic heterocycles. The molecule has 0 bridgehead atoms. The molecule has 2 aliphatic heterocycles. The monoisotopic (exact) mass is 413 g/mol. The highest BCUT2D eigenvalue weighted by Crippen LogP contribution is 2.39. The second-order valence-electron chi connectivity index (χ2n) is 8.75. The first-order valence-corrected chi connectivity index (χ1v) is 11.1. The molecule has 31 heavy (non-hydrogen) atoms. The molecule has 1 saturated heterocycles. The Kier molecular flexibility index (Phi) is 5.25. The molecule has 0 N–H and O–H groups in total. The van der Waals surface area contributed by atoms with Crippen LogP contribution in [0.3, 0.4) is 0 Å². The van der Waals surface area contributed by atoms with Crippen LogP contribution in [0.25, 0.3) is 10.6 Å². The standard InChI is InChI=1S/C26H27N3O2/c1-18-22-8-6-19(14-21(22)17-31-18)15-26(30)29-12-10-28(11-13-29)16-20-7-9-24-23(20)4-3-5-25(24)27-2/h3-6,8,14,20H,1,7,9-13,15-17H2. The van der Waals surface area contributed by atoms with Crippen LogP contribution in [0, 0.1) is 6.57 Å². The Morgan fingerprint density at radius 1 is 1.19 bits per heavy atom. The molecule has 2 aromatic rings. The van der Waals surface area contributed by atoms with Crippen molar-refractivity contribution in [1.82, 2.24) is 9.80 Å². The molecule has 0 radical (unpaired) electrons. The van der Waals surface area contributed by atoms with Crippen molar-refractivity contribution in [3.8, 4) is 0 Å². The number of benzene rings is 2. The summed E-state index contributed by atoms with van der Waals surface area (Å²) in [5, 5.41) is 0. The molecule has 5 rings (SSSR count). The third-order valence-corrected chi connectivity index (χ3v) is 6.92. The van der Waals surface area contributed by atoms with E-state index in [0.717, 1.165) is 73.7 Å². The fraction of sp³-hybridized carbons (Fsp3) is 0.385. The van der Waals surface area contributed by atoms with Crippen LogP contribution in [0.2, 0.25) is 0 Å². The molecule has 5 heteroatoms. The van der Waals surface area contributed by atoms with Gasteiger partial charge in [0.05, 0.1) is 13.0 Å². The van der Waals surface area contributed by atoms with Crippen molar-refractivity contribution < 1.29 is 9.53 Å². The van der Waals surface area contributed by atoms with E-state index < -0.39 is 0 Å². The van der Waals surface area contributed by atoms with Gasteiger partial charge in [0.25, 0.3) is 0 Å². The zero-order chi connectivity index (χ0) is 21.4. The zero-order valence-corrected chi connectivity index (χ0v) is 17.8. The number of carbonyl (C=O) groups excluding carboxylic acids is 1. The van der Waals surface area contributed by atoms with Crippen LogP contribution in [0.4, 0.5) is 5.69 Å². The lowest BCUT2D eigenvalue weighted by molar-refractivity contribution is -0.132. The van der Waals surface area contributed by atoms with E-state index >= 15 is 0 Å². The summed E-state index contributed by atoms with van der Waals surface area (Å²) in [7, 11) is 0. The number of hydrogen-bond acceptors (Lipinski definition) is 3. The largest absolute Gasteiger partial charge is 0.489 e. The zero-order valence-electron chi connectivity index (χ0n) is 17.8. The Labute approximate surface area is 183 Å². The van der Waals surface area contributed by atoms with Gasteiger partial charge < -0.3 is 9.64 Å². The Hall–Kier alpha value is -3.10. The smallest absolute Gasteiger partial charge is 0.227 e. The van der Waals surface area contributed by atoms with E-state index in [2.05, 4.69) is 28.5 Å². The first kappa shape index (κ1) is 19.8. The SMILES string of the molecule is [C-]#[N+]c1cccc2c1CCC2CN1CCN(C(=O)Cc2ccc3c(c2)COC3=C)CC1. The summed E-state index contributed by atoms with van der Waals surface area (Å²) in [5.41, 5.74) is 6.65. The summed E-state index contributed by atoms with van der Waals surface area (Å²) in [4.78, 5) is 21.0. The molecule has 1 amide bonds. The minimum absolute atomic E-state index is 0.199. The lowest BCUT2D eigenvalue weighted by Crippen LogP contribution is -2.49. The third-order valence-electron chi connectivity index (χ3n) is 6.92. The predicted octanol–water partition coefficient (Wildman–Crippen LogP) is 4.15. The summed E-state index contributed by atoms with van der Waals surface area (Å²) in [6, 6.07) is 12.3. The molecule has 1 atom stereocenters. The van der Waals surface area contributed by atoms with Crippen molar-refractivity contribution in [2.75, 3.05) is 32.7 Å². The summed E-state index contributed by atoms with van der Waals surface area (Å²) in [6.45, 7) is 16.3. The van der Waals surface area contributed by atoms with Gasteiger partial charge in [0.15, 0.2) is 5.69 Å². The third kappa shape index (κ3) is 3.84. The van der Waals surface area contributed by atoms with Gasteiger partial charge in [-0.25, -0.2) is 4.85 Å². The van der Waals surface area contributed by atoms with Crippen molar-refractivity contribution in [3.63, 3.8) is 0 Å². The molecule has 1 unspecified atom stereocenters. The summed E-state index contributed by atoms with van der Waals surface area (Å²) in [5.74, 6) is 1.42. The minimum Gasteiger partial charge on any atom is -0.489 e. The van der Waals surface area contributed by atoms with Gasteiger partial charge in [-0.05, 0) is 29.9 Å². The van der Waals surface area contributed by atoms with Gasteiger partial charge in [-0.2, -0.15) is 0 Å². The average Bonchev–Trinajstić information content (AvgIpc) is 3.37. The van der Waals surface area contributed by atoms with Gasteiger partial charge >= 0.3 is 0 Å². The van der Waals surface area contributed by atoms with Gasteiger partial charge in [-0.1, -0.05) is 48.5 Å². The van der Waals surface area contributed by atoms with Crippen molar-refractivity contribution >= 4 is 17.4 Å². The number of nitrogens with zero attached hydrogens (tertiary/aromatic N) is 3. The van der Waals surface area contributed by atoms with Gasteiger partial charge in [-0.15, -0.1) is 0 Å². The van der Waals surface area contributed by atoms with Crippen LogP contribution < -0.4 is 0 Å². The molecule has 1 aliphatic carbocycles. The van der Waals surface area contributed by atoms with E-state index in [1.165, 1.54) is 11.1 Å². The van der Waals surface area contributed by atoms with Crippen molar-refractivity contribution in [2.24, 2.45) is 0 Å². The van der Waals surface area contributed by atoms with Crippen molar-refractivity contribution in [2.45, 2.75) is 31.8 Å². The Morgan fingerprint density at radius 3 is 2.84 bits per heavy atom. The van der Waals surface area contributed by atoms with Crippen LogP contribution in [-0.4, -0.2) is 48.4 Å². The van der Waals surface area contributed by atoms with Crippen LogP contribution >= 0.6 is 0 Å². The van der Waals surface area contributed by atoms with Crippen LogP contribution in [-0.2, 0) is 29.0 Å². The lowest BCUT2D eigenvalue weighted by Gasteiger charge is -2.36. The lowest BCUT2D eigenvalue weighted by atomic mass is 9.99. The molecule has 5 nitrogen and oxygen atoms in total. The normalized spacial score (nSPS) is 20.2. The van der Waals surface area contributed by atoms with E-state index in [9.17, 15) is 4.79 Å². The van der Waals surface area contributed by atoms with Crippen LogP contribution in [0.1, 0.15) is 40.2 Å². The predicted molar refractivity (Wildman–Crippen MR) is 121 cm³/mol. The fourth-order valence-electron chi connectivity index (χ4n) is 5.18. The van der Waals surface area contributed by atoms with Gasteiger partial charge in [0.2, 0.25) is 5.91 Å². The molecule has 0 spiro atoms. The van der Waals surface area contributed by atoms with Crippen LogP contribution in [0.15, 0.2) is 43.0 Å². The fourth-order valence-corrected chi connectivity index (χ4v) is 5.18. The van der Waals surface area contributed by atoms with Gasteiger partial charge in [0.1, 0.15) is 12.4 Å². The highest BCUT2D eigenvalue weighted by Gasteiger charge is 2.28. The Morgan fingerprint density at radius 2 is 2.03 bits per heavy atom. The summed E-state index contributed by atoms with van der Waals surface area (Å²) < 4.78 is 5.49. The molecule has 158 valence electrons. The highest BCUT2D eigenvalue weighted by atomic mass is 16.5. The summed E-state index contributed by atoms with van der Waals surface area (Å²) >= 11 is 0. The number of fused-ring (bicyclic) bond motifs is 2. The van der Waals surface area contributed by atoms with E-state index in [1.54, 1.807) is 0 Å². The number of ether oxygens (including phenoxy) is 1. The number of hydrogen-bond donors (Lipinski definition) is 0. The van der Waals surface area contributed by atoms with E-state index in [1.807, 2.05) is 29.2 Å². The molecule has 3 aliphatic rings. The highest BCUT2D eigenvalue weighted by molar-refractivity contribution is 5.79. The number of amides is 1. The minimum atomic E-state index is 0.199. The van der Waals surface area contributed by atoms with E-state index in [4.69, 9.17) is 11.3 Å². The maximum atomic E-state index is 12.8. The molecule has 2 aromatic carbocycles. The average molecular weight is 414 g/mol. The van der Waals surface area contributed by atoms with Gasteiger partial charge in [-0.3, -0.25) is 9.69 Å². The first-order chi connectivity index (χ1) is 15.1. The number of rotatable bonds is 4. The summed E-state index contributed by atoms with van der Waals surface area (Å²) in [6.07, 6.45) is 2.57. The first-order valence-electron chi connectivity index (χ1n) is 11.1. The van der Waals surface area contributed by atoms with E-state index in [0.29, 0.717) is 18.9 Å². The van der Waals surface area contributed by atoms with Gasteiger partial charge in [0, 0.05) is 43.9 Å². The van der Waals surface area contributed by atoms with Crippen molar-refractivity contribution in [3.05, 3.63) is 82.2 Å². The second kappa shape index (κ2) is 8.20. The van der Waals surface area contributed by atoms with Crippen molar-refractivity contribution in [1.29, 1.82) is 0 Å². The quantitative estimate of drug-likeness (QED) is 0.707. The molecular weight excluding hydrogens is 386 g/mol. The Balaban J connectivity index is 1.15. The van der Waals surface area contributed by atoms with Crippen LogP contribution in [0.5, 0.6) is 0 Å². The molecular formula is C26H27N3O2. The van der Waals surface area contributed by atoms with E-state index in [-0.39, 0.29) is 5.91 Å². The molecule has 1 fully saturated rings. The molecule has 2 heterocycles. The number of piperazine rings is 1. The topological polar surface area (TPSA) is 37.1 Å². The maximum Gasteiger partial charge on any atom is 0.227 e. The number of carbonyl (C=O) groups is 1.